The van der Waals surface area contributed by atoms with Crippen LogP contribution in [0.25, 0.3) is 0 Å². The van der Waals surface area contributed by atoms with Gasteiger partial charge in [0.1, 0.15) is 17.1 Å². The Balaban J connectivity index is 1.94. The van der Waals surface area contributed by atoms with Gasteiger partial charge in [0.25, 0.3) is 5.91 Å². The summed E-state index contributed by atoms with van der Waals surface area (Å²) < 4.78 is 10.3. The molecule has 0 bridgehead atoms. The predicted octanol–water partition coefficient (Wildman–Crippen LogP) is 2.74. The summed E-state index contributed by atoms with van der Waals surface area (Å²) in [5.74, 6) is -1.07. The molecule has 2 aromatic carbocycles. The zero-order valence-electron chi connectivity index (χ0n) is 12.9. The van der Waals surface area contributed by atoms with Crippen LogP contribution in [0.1, 0.15) is 15.9 Å². The zero-order chi connectivity index (χ0) is 17.5. The number of amides is 1. The number of benzene rings is 2. The molecule has 0 aliphatic heterocycles. The summed E-state index contributed by atoms with van der Waals surface area (Å²) >= 11 is 6.01. The summed E-state index contributed by atoms with van der Waals surface area (Å²) in [4.78, 5) is 23.1. The fourth-order valence-corrected chi connectivity index (χ4v) is 2.16. The Hall–Kier alpha value is -2.73. The first kappa shape index (κ1) is 17.6. The maximum Gasteiger partial charge on any atom is 0.339 e. The number of nitrogens with one attached hydrogen (secondary N) is 1. The van der Waals surface area contributed by atoms with Crippen LogP contribution in [-0.4, -0.2) is 30.7 Å². The third kappa shape index (κ3) is 4.63. The van der Waals surface area contributed by atoms with Crippen LogP contribution >= 0.6 is 11.6 Å². The Morgan fingerprint density at radius 2 is 1.96 bits per heavy atom. The second-order valence-corrected chi connectivity index (χ2v) is 5.23. The van der Waals surface area contributed by atoms with Gasteiger partial charge in [-0.15, -0.1) is 0 Å². The lowest BCUT2D eigenvalue weighted by Gasteiger charge is -2.11. The molecule has 2 aromatic rings. The molecule has 6 nitrogen and oxygen atoms in total. The van der Waals surface area contributed by atoms with Crippen molar-refractivity contribution in [2.24, 2.45) is 0 Å². The SMILES string of the molecule is COc1ccc(OCC(=O)NCc2ccccc2Cl)c(C(=O)O)c1. The molecule has 0 aromatic heterocycles. The normalized spacial score (nSPS) is 10.1. The third-order valence-electron chi connectivity index (χ3n) is 3.21. The fourth-order valence-electron chi connectivity index (χ4n) is 1.96. The number of carboxylic acids is 1. The number of carbonyl (C=O) groups is 2. The van der Waals surface area contributed by atoms with Crippen molar-refractivity contribution in [2.75, 3.05) is 13.7 Å². The van der Waals surface area contributed by atoms with E-state index >= 15 is 0 Å². The molecular weight excluding hydrogens is 334 g/mol. The van der Waals surface area contributed by atoms with Crippen LogP contribution in [0, 0.1) is 0 Å². The molecule has 0 fully saturated rings. The van der Waals surface area contributed by atoms with Gasteiger partial charge in [-0.05, 0) is 29.8 Å². The molecule has 0 aliphatic rings. The first-order valence-electron chi connectivity index (χ1n) is 7.05. The number of methoxy groups -OCH3 is 1. The van der Waals surface area contributed by atoms with Crippen molar-refractivity contribution < 1.29 is 24.2 Å². The maximum absolute atomic E-state index is 11.9. The van der Waals surface area contributed by atoms with E-state index in [-0.39, 0.29) is 30.4 Å². The summed E-state index contributed by atoms with van der Waals surface area (Å²) in [6, 6.07) is 11.5. The van der Waals surface area contributed by atoms with Gasteiger partial charge in [0, 0.05) is 11.6 Å². The Labute approximate surface area is 144 Å². The molecule has 0 atom stereocenters. The van der Waals surface area contributed by atoms with Crippen molar-refractivity contribution in [2.45, 2.75) is 6.54 Å². The minimum atomic E-state index is -1.17. The highest BCUT2D eigenvalue weighted by molar-refractivity contribution is 6.31. The molecule has 0 saturated heterocycles. The third-order valence-corrected chi connectivity index (χ3v) is 3.58. The molecule has 2 rings (SSSR count). The topological polar surface area (TPSA) is 84.9 Å². The lowest BCUT2D eigenvalue weighted by Crippen LogP contribution is -2.28. The van der Waals surface area contributed by atoms with Gasteiger partial charge in [-0.1, -0.05) is 29.8 Å². The highest BCUT2D eigenvalue weighted by Crippen LogP contribution is 2.24. The van der Waals surface area contributed by atoms with Gasteiger partial charge < -0.3 is 19.9 Å². The lowest BCUT2D eigenvalue weighted by molar-refractivity contribution is -0.123. The fraction of sp³-hybridized carbons (Fsp3) is 0.176. The predicted molar refractivity (Wildman–Crippen MR) is 88.7 cm³/mol. The number of carbonyl (C=O) groups excluding carboxylic acids is 1. The van der Waals surface area contributed by atoms with E-state index in [1.165, 1.54) is 19.2 Å². The van der Waals surface area contributed by atoms with Crippen LogP contribution in [0.3, 0.4) is 0 Å². The molecule has 126 valence electrons. The summed E-state index contributed by atoms with van der Waals surface area (Å²) in [7, 11) is 1.43. The van der Waals surface area contributed by atoms with Gasteiger partial charge in [0.2, 0.25) is 0 Å². The number of hydrogen-bond acceptors (Lipinski definition) is 4. The minimum absolute atomic E-state index is 0.0757. The first-order valence-corrected chi connectivity index (χ1v) is 7.43. The van der Waals surface area contributed by atoms with Gasteiger partial charge in [-0.25, -0.2) is 4.79 Å². The number of halogens is 1. The Morgan fingerprint density at radius 1 is 1.21 bits per heavy atom. The molecule has 0 aliphatic carbocycles. The second kappa shape index (κ2) is 8.21. The van der Waals surface area contributed by atoms with Crippen molar-refractivity contribution in [1.29, 1.82) is 0 Å². The monoisotopic (exact) mass is 349 g/mol. The highest BCUT2D eigenvalue weighted by Gasteiger charge is 2.14. The van der Waals surface area contributed by atoms with Gasteiger partial charge in [0.05, 0.1) is 7.11 Å². The first-order chi connectivity index (χ1) is 11.5. The van der Waals surface area contributed by atoms with E-state index in [0.29, 0.717) is 10.8 Å². The standard InChI is InChI=1S/C17H16ClNO5/c1-23-12-6-7-15(13(8-12)17(21)22)24-10-16(20)19-9-11-4-2-3-5-14(11)18/h2-8H,9-10H2,1H3,(H,19,20)(H,21,22). The summed E-state index contributed by atoms with van der Waals surface area (Å²) in [6.45, 7) is -0.0483. The van der Waals surface area contributed by atoms with E-state index in [4.69, 9.17) is 21.1 Å². The number of hydrogen-bond donors (Lipinski definition) is 2. The Morgan fingerprint density at radius 3 is 2.62 bits per heavy atom. The number of carboxylic acid groups (broad SMARTS) is 1. The van der Waals surface area contributed by atoms with E-state index in [9.17, 15) is 14.7 Å². The van der Waals surface area contributed by atoms with Crippen LogP contribution in [0.4, 0.5) is 0 Å². The van der Waals surface area contributed by atoms with Crippen LogP contribution in [0.5, 0.6) is 11.5 Å². The van der Waals surface area contributed by atoms with Crippen molar-refractivity contribution >= 4 is 23.5 Å². The van der Waals surface area contributed by atoms with Gasteiger partial charge in [-0.2, -0.15) is 0 Å². The summed E-state index contributed by atoms with van der Waals surface area (Å²) in [5, 5.41) is 12.4. The summed E-state index contributed by atoms with van der Waals surface area (Å²) in [6.07, 6.45) is 0. The van der Waals surface area contributed by atoms with Gasteiger partial charge in [0.15, 0.2) is 6.61 Å². The summed E-state index contributed by atoms with van der Waals surface area (Å²) in [5.41, 5.74) is 0.705. The van der Waals surface area contributed by atoms with Crippen LogP contribution < -0.4 is 14.8 Å². The number of aromatic carboxylic acids is 1. The zero-order valence-corrected chi connectivity index (χ0v) is 13.7. The molecule has 0 saturated carbocycles. The van der Waals surface area contributed by atoms with Crippen molar-refractivity contribution in [3.05, 3.63) is 58.6 Å². The maximum atomic E-state index is 11.9. The Bertz CT molecular complexity index is 748. The average Bonchev–Trinajstić information content (AvgIpc) is 2.59. The average molecular weight is 350 g/mol. The molecule has 0 heterocycles. The molecule has 24 heavy (non-hydrogen) atoms. The molecule has 0 spiro atoms. The molecule has 1 amide bonds. The molecule has 2 N–H and O–H groups in total. The molecule has 0 radical (unpaired) electrons. The van der Waals surface area contributed by atoms with Crippen LogP contribution in [-0.2, 0) is 11.3 Å². The second-order valence-electron chi connectivity index (χ2n) is 4.82. The minimum Gasteiger partial charge on any atom is -0.497 e. The molecule has 7 heteroatoms. The number of ether oxygens (including phenoxy) is 2. The van der Waals surface area contributed by atoms with E-state index < -0.39 is 5.97 Å². The molecule has 0 unspecified atom stereocenters. The van der Waals surface area contributed by atoms with E-state index in [1.54, 1.807) is 24.3 Å². The lowest BCUT2D eigenvalue weighted by atomic mass is 10.2. The van der Waals surface area contributed by atoms with Gasteiger partial charge >= 0.3 is 5.97 Å². The van der Waals surface area contributed by atoms with Gasteiger partial charge in [-0.3, -0.25) is 4.79 Å². The van der Waals surface area contributed by atoms with Crippen molar-refractivity contribution in [1.82, 2.24) is 5.32 Å². The quantitative estimate of drug-likeness (QED) is 0.802. The number of rotatable bonds is 7. The van der Waals surface area contributed by atoms with E-state index in [0.717, 1.165) is 5.56 Å². The van der Waals surface area contributed by atoms with Crippen LogP contribution in [0.2, 0.25) is 5.02 Å². The van der Waals surface area contributed by atoms with E-state index in [1.807, 2.05) is 6.07 Å². The smallest absolute Gasteiger partial charge is 0.339 e. The molecular formula is C17H16ClNO5. The van der Waals surface area contributed by atoms with Crippen molar-refractivity contribution in [3.63, 3.8) is 0 Å². The van der Waals surface area contributed by atoms with Crippen LogP contribution in [0.15, 0.2) is 42.5 Å². The Kier molecular flexibility index (Phi) is 6.03. The van der Waals surface area contributed by atoms with E-state index in [2.05, 4.69) is 5.32 Å². The largest absolute Gasteiger partial charge is 0.497 e. The highest BCUT2D eigenvalue weighted by atomic mass is 35.5. The van der Waals surface area contributed by atoms with Crippen molar-refractivity contribution in [3.8, 4) is 11.5 Å².